The smallest absolute Gasteiger partial charge is 0.226 e. The van der Waals surface area contributed by atoms with Crippen molar-refractivity contribution in [3.05, 3.63) is 41.3 Å². The van der Waals surface area contributed by atoms with Gasteiger partial charge in [0.1, 0.15) is 11.5 Å². The first-order valence-corrected chi connectivity index (χ1v) is 10.6. The van der Waals surface area contributed by atoms with E-state index in [1.165, 1.54) is 12.0 Å². The van der Waals surface area contributed by atoms with Gasteiger partial charge in [0.05, 0.1) is 18.8 Å². The molecule has 2 fully saturated rings. The topological polar surface area (TPSA) is 53.7 Å². The third-order valence-corrected chi connectivity index (χ3v) is 5.71. The number of benzene rings is 1. The highest BCUT2D eigenvalue weighted by molar-refractivity contribution is 5.54. The van der Waals surface area contributed by atoms with Crippen molar-refractivity contribution >= 4 is 0 Å². The Labute approximate surface area is 167 Å². The Kier molecular flexibility index (Phi) is 6.45. The second-order valence-electron chi connectivity index (χ2n) is 8.04. The number of hydrogen-bond donors (Lipinski definition) is 0. The van der Waals surface area contributed by atoms with Crippen molar-refractivity contribution in [1.29, 1.82) is 0 Å². The molecule has 1 aromatic heterocycles. The zero-order valence-corrected chi connectivity index (χ0v) is 17.0. The van der Waals surface area contributed by atoms with E-state index in [1.54, 1.807) is 0 Å². The summed E-state index contributed by atoms with van der Waals surface area (Å²) in [6.45, 7) is 5.34. The molecule has 2 heterocycles. The molecule has 0 radical (unpaired) electrons. The average Bonchev–Trinajstić information content (AvgIpc) is 3.09. The molecule has 0 spiro atoms. The molecule has 1 aliphatic heterocycles. The molecule has 28 heavy (non-hydrogen) atoms. The number of ether oxygens (including phenoxy) is 3. The Morgan fingerprint density at radius 2 is 1.82 bits per heavy atom. The molecule has 152 valence electrons. The molecular formula is C23H31NO4. The molecule has 5 heteroatoms. The van der Waals surface area contributed by atoms with Crippen molar-refractivity contribution in [2.45, 2.75) is 83.9 Å². The molecular weight excluding hydrogens is 354 g/mol. The minimum absolute atomic E-state index is 0.0210. The lowest BCUT2D eigenvalue weighted by molar-refractivity contribution is -0.200. The van der Waals surface area contributed by atoms with E-state index in [0.29, 0.717) is 12.5 Å². The maximum Gasteiger partial charge on any atom is 0.226 e. The molecule has 3 atom stereocenters. The van der Waals surface area contributed by atoms with Gasteiger partial charge in [-0.25, -0.2) is 4.98 Å². The van der Waals surface area contributed by atoms with Crippen molar-refractivity contribution in [2.24, 2.45) is 0 Å². The standard InChI is InChI=1S/C23H31NO4/c1-16-9-11-18(12-10-16)23-24-21(17(2)27-23)15-26-19-6-5-7-20(14-19)28-22-8-3-4-13-25-22/h9-12,19-20,22H,3-8,13-15H2,1-2H3/t19-,20+,22?/m0/s1. The van der Waals surface area contributed by atoms with Gasteiger partial charge in [0, 0.05) is 12.2 Å². The van der Waals surface area contributed by atoms with Crippen LogP contribution in [0.2, 0.25) is 0 Å². The Morgan fingerprint density at radius 1 is 1.00 bits per heavy atom. The Balaban J connectivity index is 1.30. The van der Waals surface area contributed by atoms with E-state index in [-0.39, 0.29) is 18.5 Å². The van der Waals surface area contributed by atoms with Gasteiger partial charge >= 0.3 is 0 Å². The monoisotopic (exact) mass is 385 g/mol. The van der Waals surface area contributed by atoms with Crippen molar-refractivity contribution in [1.82, 2.24) is 4.98 Å². The van der Waals surface area contributed by atoms with Crippen LogP contribution < -0.4 is 0 Å². The van der Waals surface area contributed by atoms with Gasteiger partial charge in [-0.2, -0.15) is 0 Å². The predicted octanol–water partition coefficient (Wildman–Crippen LogP) is 5.33. The van der Waals surface area contributed by atoms with E-state index >= 15 is 0 Å². The van der Waals surface area contributed by atoms with Crippen LogP contribution in [-0.4, -0.2) is 30.1 Å². The van der Waals surface area contributed by atoms with Crippen LogP contribution in [0.1, 0.15) is 62.0 Å². The van der Waals surface area contributed by atoms with Crippen LogP contribution in [0.5, 0.6) is 0 Å². The lowest BCUT2D eigenvalue weighted by atomic mass is 9.94. The highest BCUT2D eigenvalue weighted by Crippen LogP contribution is 2.28. The van der Waals surface area contributed by atoms with Crippen LogP contribution in [-0.2, 0) is 20.8 Å². The maximum absolute atomic E-state index is 6.19. The van der Waals surface area contributed by atoms with E-state index in [4.69, 9.17) is 18.6 Å². The first-order chi connectivity index (χ1) is 13.7. The van der Waals surface area contributed by atoms with E-state index in [0.717, 1.165) is 62.1 Å². The van der Waals surface area contributed by atoms with Gasteiger partial charge in [-0.05, 0) is 70.9 Å². The minimum atomic E-state index is -0.0210. The van der Waals surface area contributed by atoms with Gasteiger partial charge in [-0.15, -0.1) is 0 Å². The fraction of sp³-hybridized carbons (Fsp3) is 0.609. The van der Waals surface area contributed by atoms with Gasteiger partial charge in [0.15, 0.2) is 6.29 Å². The van der Waals surface area contributed by atoms with Gasteiger partial charge < -0.3 is 18.6 Å². The summed E-state index contributed by atoms with van der Waals surface area (Å²) < 4.78 is 24.0. The highest BCUT2D eigenvalue weighted by Gasteiger charge is 2.27. The molecule has 1 aromatic carbocycles. The summed E-state index contributed by atoms with van der Waals surface area (Å²) in [6, 6.07) is 8.23. The average molecular weight is 386 g/mol. The molecule has 1 unspecified atom stereocenters. The molecule has 1 saturated heterocycles. The third kappa shape index (κ3) is 5.02. The minimum Gasteiger partial charge on any atom is -0.441 e. The first-order valence-electron chi connectivity index (χ1n) is 10.6. The van der Waals surface area contributed by atoms with Gasteiger partial charge in [-0.1, -0.05) is 17.7 Å². The number of hydrogen-bond acceptors (Lipinski definition) is 5. The number of nitrogens with zero attached hydrogens (tertiary/aromatic N) is 1. The predicted molar refractivity (Wildman–Crippen MR) is 107 cm³/mol. The Hall–Kier alpha value is -1.69. The zero-order valence-electron chi connectivity index (χ0n) is 17.0. The number of aryl methyl sites for hydroxylation is 2. The van der Waals surface area contributed by atoms with E-state index < -0.39 is 0 Å². The summed E-state index contributed by atoms with van der Waals surface area (Å²) in [4.78, 5) is 4.66. The van der Waals surface area contributed by atoms with Crippen LogP contribution in [0, 0.1) is 13.8 Å². The molecule has 2 aliphatic rings. The number of oxazole rings is 1. The van der Waals surface area contributed by atoms with Crippen molar-refractivity contribution in [3.8, 4) is 11.5 Å². The maximum atomic E-state index is 6.19. The van der Waals surface area contributed by atoms with Crippen molar-refractivity contribution < 1.29 is 18.6 Å². The largest absolute Gasteiger partial charge is 0.441 e. The summed E-state index contributed by atoms with van der Waals surface area (Å²) in [7, 11) is 0. The molecule has 5 nitrogen and oxygen atoms in total. The third-order valence-electron chi connectivity index (χ3n) is 5.71. The Morgan fingerprint density at radius 3 is 2.61 bits per heavy atom. The van der Waals surface area contributed by atoms with Crippen LogP contribution in [0.4, 0.5) is 0 Å². The quantitative estimate of drug-likeness (QED) is 0.673. The SMILES string of the molecule is Cc1ccc(-c2nc(CO[C@H]3CCC[C@@H](OC4CCCCO4)C3)c(C)o2)cc1. The number of rotatable bonds is 6. The van der Waals surface area contributed by atoms with Gasteiger partial charge in [-0.3, -0.25) is 0 Å². The zero-order chi connectivity index (χ0) is 19.3. The van der Waals surface area contributed by atoms with Crippen molar-refractivity contribution in [2.75, 3.05) is 6.61 Å². The second kappa shape index (κ2) is 9.21. The van der Waals surface area contributed by atoms with Crippen LogP contribution in [0.3, 0.4) is 0 Å². The second-order valence-corrected chi connectivity index (χ2v) is 8.04. The van der Waals surface area contributed by atoms with Crippen molar-refractivity contribution in [3.63, 3.8) is 0 Å². The fourth-order valence-corrected chi connectivity index (χ4v) is 3.99. The lowest BCUT2D eigenvalue weighted by Gasteiger charge is -2.33. The normalized spacial score (nSPS) is 25.7. The highest BCUT2D eigenvalue weighted by atomic mass is 16.7. The summed E-state index contributed by atoms with van der Waals surface area (Å²) in [6.07, 6.45) is 8.03. The Bertz CT molecular complexity index is 748. The lowest BCUT2D eigenvalue weighted by Crippen LogP contribution is -2.33. The van der Waals surface area contributed by atoms with E-state index in [9.17, 15) is 0 Å². The number of aromatic nitrogens is 1. The fourth-order valence-electron chi connectivity index (χ4n) is 3.99. The summed E-state index contributed by atoms with van der Waals surface area (Å²) in [5.74, 6) is 1.49. The van der Waals surface area contributed by atoms with Gasteiger partial charge in [0.2, 0.25) is 5.89 Å². The van der Waals surface area contributed by atoms with Crippen LogP contribution >= 0.6 is 0 Å². The molecule has 1 aliphatic carbocycles. The van der Waals surface area contributed by atoms with Crippen LogP contribution in [0.15, 0.2) is 28.7 Å². The van der Waals surface area contributed by atoms with E-state index in [2.05, 4.69) is 24.0 Å². The molecule has 0 amide bonds. The summed E-state index contributed by atoms with van der Waals surface area (Å²) in [5, 5.41) is 0. The molecule has 0 bridgehead atoms. The molecule has 1 saturated carbocycles. The molecule has 4 rings (SSSR count). The molecule has 2 aromatic rings. The first kappa shape index (κ1) is 19.6. The summed E-state index contributed by atoms with van der Waals surface area (Å²) in [5.41, 5.74) is 3.11. The van der Waals surface area contributed by atoms with Crippen LogP contribution in [0.25, 0.3) is 11.5 Å². The van der Waals surface area contributed by atoms with E-state index in [1.807, 2.05) is 19.1 Å². The molecule has 0 N–H and O–H groups in total. The summed E-state index contributed by atoms with van der Waals surface area (Å²) >= 11 is 0. The van der Waals surface area contributed by atoms with Gasteiger partial charge in [0.25, 0.3) is 0 Å².